The van der Waals surface area contributed by atoms with Crippen molar-refractivity contribution >= 4 is 23.2 Å². The molecule has 5 heteroatoms. The van der Waals surface area contributed by atoms with Gasteiger partial charge < -0.3 is 0 Å². The minimum absolute atomic E-state index is 0.0238. The molecular formula is C6H5ClN2O2. The topological polar surface area (TPSA) is 55.2 Å². The van der Waals surface area contributed by atoms with E-state index in [1.54, 1.807) is 12.1 Å². The summed E-state index contributed by atoms with van der Waals surface area (Å²) >= 11 is 5.23. The van der Waals surface area contributed by atoms with Gasteiger partial charge in [-0.05, 0) is 6.07 Å². The molecule has 11 heavy (non-hydrogen) atoms. The summed E-state index contributed by atoms with van der Waals surface area (Å²) in [5.41, 5.74) is 0.538. The summed E-state index contributed by atoms with van der Waals surface area (Å²) in [7, 11) is 0. The van der Waals surface area contributed by atoms with Crippen molar-refractivity contribution in [2.45, 2.75) is 0 Å². The van der Waals surface area contributed by atoms with E-state index in [2.05, 4.69) is 4.84 Å². The lowest BCUT2D eigenvalue weighted by molar-refractivity contribution is -0.384. The lowest BCUT2D eigenvalue weighted by atomic mass is 10.3. The molecule has 1 aromatic carbocycles. The van der Waals surface area contributed by atoms with Gasteiger partial charge >= 0.3 is 0 Å². The standard InChI is InChI=1S/C6H5ClN2O2/c7-8-5-2-1-3-6(4-5)9(10)11/h1-4,8H. The van der Waals surface area contributed by atoms with Crippen molar-refractivity contribution in [3.8, 4) is 0 Å². The highest BCUT2D eigenvalue weighted by atomic mass is 35.5. The highest BCUT2D eigenvalue weighted by molar-refractivity contribution is 6.24. The first kappa shape index (κ1) is 7.81. The van der Waals surface area contributed by atoms with Crippen molar-refractivity contribution < 1.29 is 4.92 Å². The van der Waals surface area contributed by atoms with Gasteiger partial charge in [0.25, 0.3) is 5.69 Å². The van der Waals surface area contributed by atoms with Crippen LogP contribution in [0.2, 0.25) is 0 Å². The first-order valence-corrected chi connectivity index (χ1v) is 3.23. The number of anilines is 1. The van der Waals surface area contributed by atoms with E-state index in [1.165, 1.54) is 12.1 Å². The molecule has 0 bridgehead atoms. The van der Waals surface area contributed by atoms with Gasteiger partial charge in [-0.3, -0.25) is 15.0 Å². The fourth-order valence-corrected chi connectivity index (χ4v) is 0.796. The number of non-ortho nitro benzene ring substituents is 1. The Morgan fingerprint density at radius 1 is 1.55 bits per heavy atom. The summed E-state index contributed by atoms with van der Waals surface area (Å²) < 4.78 is 0. The van der Waals surface area contributed by atoms with Crippen LogP contribution in [0.4, 0.5) is 11.4 Å². The van der Waals surface area contributed by atoms with Crippen molar-refractivity contribution in [3.63, 3.8) is 0 Å². The Morgan fingerprint density at radius 2 is 2.27 bits per heavy atom. The summed E-state index contributed by atoms with van der Waals surface area (Å²) in [4.78, 5) is 12.0. The first-order chi connectivity index (χ1) is 5.24. The van der Waals surface area contributed by atoms with Gasteiger partial charge in [0.05, 0.1) is 10.6 Å². The van der Waals surface area contributed by atoms with E-state index in [4.69, 9.17) is 11.8 Å². The molecule has 0 unspecified atom stereocenters. The quantitative estimate of drug-likeness (QED) is 0.423. The van der Waals surface area contributed by atoms with E-state index in [0.717, 1.165) is 0 Å². The molecular weight excluding hydrogens is 168 g/mol. The number of nitrogens with zero attached hydrogens (tertiary/aromatic N) is 1. The molecule has 0 radical (unpaired) electrons. The highest BCUT2D eigenvalue weighted by Crippen LogP contribution is 2.16. The molecule has 1 N–H and O–H groups in total. The minimum Gasteiger partial charge on any atom is -0.298 e. The molecule has 0 aliphatic carbocycles. The SMILES string of the molecule is O=[N+]([O-])c1cccc(NCl)c1. The van der Waals surface area contributed by atoms with Crippen LogP contribution in [0, 0.1) is 10.1 Å². The average Bonchev–Trinajstić information content (AvgIpc) is 2.05. The Bertz CT molecular complexity index is 277. The van der Waals surface area contributed by atoms with Gasteiger partial charge in [-0.2, -0.15) is 0 Å². The molecule has 1 rings (SSSR count). The average molecular weight is 173 g/mol. The predicted molar refractivity (Wildman–Crippen MR) is 42.6 cm³/mol. The van der Waals surface area contributed by atoms with Crippen molar-refractivity contribution in [2.75, 3.05) is 4.84 Å². The van der Waals surface area contributed by atoms with Crippen molar-refractivity contribution in [1.82, 2.24) is 0 Å². The Kier molecular flexibility index (Phi) is 2.28. The number of rotatable bonds is 2. The van der Waals surface area contributed by atoms with Gasteiger partial charge in [-0.1, -0.05) is 6.07 Å². The van der Waals surface area contributed by atoms with Crippen LogP contribution in [0.25, 0.3) is 0 Å². The fourth-order valence-electron chi connectivity index (χ4n) is 0.678. The third-order valence-corrected chi connectivity index (χ3v) is 1.38. The van der Waals surface area contributed by atoms with Crippen LogP contribution in [0.5, 0.6) is 0 Å². The number of hydrogen-bond donors (Lipinski definition) is 1. The maximum atomic E-state index is 10.2. The normalized spacial score (nSPS) is 9.18. The summed E-state index contributed by atoms with van der Waals surface area (Å²) in [6.45, 7) is 0. The molecule has 0 aliphatic rings. The van der Waals surface area contributed by atoms with Crippen LogP contribution in [0.1, 0.15) is 0 Å². The van der Waals surface area contributed by atoms with E-state index in [-0.39, 0.29) is 5.69 Å². The lowest BCUT2D eigenvalue weighted by Crippen LogP contribution is -1.88. The van der Waals surface area contributed by atoms with E-state index >= 15 is 0 Å². The minimum atomic E-state index is -0.474. The Balaban J connectivity index is 3.01. The molecule has 0 saturated carbocycles. The number of nitro benzene ring substituents is 1. The largest absolute Gasteiger partial charge is 0.298 e. The zero-order valence-electron chi connectivity index (χ0n) is 5.45. The monoisotopic (exact) mass is 172 g/mol. The summed E-state index contributed by atoms with van der Waals surface area (Å²) in [6.07, 6.45) is 0. The van der Waals surface area contributed by atoms with Crippen molar-refractivity contribution in [1.29, 1.82) is 0 Å². The van der Waals surface area contributed by atoms with Crippen LogP contribution < -0.4 is 4.84 Å². The zero-order chi connectivity index (χ0) is 8.27. The van der Waals surface area contributed by atoms with Crippen LogP contribution in [-0.2, 0) is 0 Å². The molecule has 0 spiro atoms. The zero-order valence-corrected chi connectivity index (χ0v) is 6.21. The van der Waals surface area contributed by atoms with Crippen LogP contribution in [-0.4, -0.2) is 4.92 Å². The molecule has 4 nitrogen and oxygen atoms in total. The third-order valence-electron chi connectivity index (χ3n) is 1.17. The van der Waals surface area contributed by atoms with Gasteiger partial charge in [0.1, 0.15) is 0 Å². The summed E-state index contributed by atoms with van der Waals surface area (Å²) in [5, 5.41) is 10.2. The molecule has 58 valence electrons. The first-order valence-electron chi connectivity index (χ1n) is 2.85. The molecule has 0 heterocycles. The Labute approximate surface area is 68.0 Å². The predicted octanol–water partition coefficient (Wildman–Crippen LogP) is 2.16. The maximum absolute atomic E-state index is 10.2. The van der Waals surface area contributed by atoms with Crippen LogP contribution >= 0.6 is 11.8 Å². The molecule has 0 atom stereocenters. The summed E-state index contributed by atoms with van der Waals surface area (Å²) in [6, 6.07) is 5.95. The van der Waals surface area contributed by atoms with Gasteiger partial charge in [0.15, 0.2) is 0 Å². The smallest absolute Gasteiger partial charge is 0.271 e. The second-order valence-electron chi connectivity index (χ2n) is 1.90. The van der Waals surface area contributed by atoms with E-state index in [1.807, 2.05) is 0 Å². The second-order valence-corrected chi connectivity index (χ2v) is 2.09. The number of nitrogens with one attached hydrogen (secondary N) is 1. The highest BCUT2D eigenvalue weighted by Gasteiger charge is 2.03. The van der Waals surface area contributed by atoms with E-state index in [0.29, 0.717) is 5.69 Å². The van der Waals surface area contributed by atoms with Crippen molar-refractivity contribution in [3.05, 3.63) is 34.4 Å². The number of benzene rings is 1. The Morgan fingerprint density at radius 3 is 2.82 bits per heavy atom. The lowest BCUT2D eigenvalue weighted by Gasteiger charge is -1.95. The molecule has 0 saturated heterocycles. The van der Waals surface area contributed by atoms with Crippen LogP contribution in [0.3, 0.4) is 0 Å². The van der Waals surface area contributed by atoms with Crippen LogP contribution in [0.15, 0.2) is 24.3 Å². The fraction of sp³-hybridized carbons (Fsp3) is 0. The van der Waals surface area contributed by atoms with Crippen molar-refractivity contribution in [2.24, 2.45) is 0 Å². The second kappa shape index (κ2) is 3.21. The Hall–Kier alpha value is -1.29. The number of hydrogen-bond acceptors (Lipinski definition) is 3. The van der Waals surface area contributed by atoms with Gasteiger partial charge in [0.2, 0.25) is 0 Å². The molecule has 0 fully saturated rings. The number of nitro groups is 1. The maximum Gasteiger partial charge on any atom is 0.271 e. The summed E-state index contributed by atoms with van der Waals surface area (Å²) in [5.74, 6) is 0. The molecule has 0 aromatic heterocycles. The number of halogens is 1. The van der Waals surface area contributed by atoms with Gasteiger partial charge in [-0.15, -0.1) is 0 Å². The van der Waals surface area contributed by atoms with E-state index < -0.39 is 4.92 Å². The van der Waals surface area contributed by atoms with Gasteiger partial charge in [-0.25, -0.2) is 0 Å². The third kappa shape index (κ3) is 1.81. The van der Waals surface area contributed by atoms with Gasteiger partial charge in [0, 0.05) is 23.9 Å². The molecule has 0 aliphatic heterocycles. The molecule has 1 aromatic rings. The van der Waals surface area contributed by atoms with E-state index in [9.17, 15) is 10.1 Å². The molecule has 0 amide bonds.